The van der Waals surface area contributed by atoms with E-state index in [9.17, 15) is 14.9 Å². The van der Waals surface area contributed by atoms with Crippen LogP contribution >= 0.6 is 0 Å². The maximum Gasteiger partial charge on any atom is 0.269 e. The number of aryl methyl sites for hydroxylation is 2. The Kier molecular flexibility index (Phi) is 4.66. The van der Waals surface area contributed by atoms with Gasteiger partial charge in [0.1, 0.15) is 17.3 Å². The van der Waals surface area contributed by atoms with Gasteiger partial charge in [0.2, 0.25) is 5.91 Å². The first-order valence-corrected chi connectivity index (χ1v) is 7.79. The standard InChI is InChI=1S/C18H16N4O4/c1-12-11-17(19-18(23)10-9-16-8-3-13(2)26-16)21(20-12)14-4-6-15(7-5-14)22(24)25/h3-11H,1-2H3,(H,19,23)/b10-9+. The molecule has 8 heteroatoms. The van der Waals surface area contributed by atoms with Crippen LogP contribution in [0.4, 0.5) is 11.5 Å². The molecule has 0 atom stereocenters. The number of nitro groups is 1. The second-order valence-corrected chi connectivity index (χ2v) is 5.63. The van der Waals surface area contributed by atoms with Gasteiger partial charge in [0.05, 0.1) is 16.3 Å². The molecule has 26 heavy (non-hydrogen) atoms. The van der Waals surface area contributed by atoms with Gasteiger partial charge in [0, 0.05) is 24.3 Å². The molecule has 0 fully saturated rings. The van der Waals surface area contributed by atoms with Gasteiger partial charge in [-0.15, -0.1) is 0 Å². The van der Waals surface area contributed by atoms with E-state index in [0.717, 1.165) is 5.76 Å². The Morgan fingerprint density at radius 1 is 1.23 bits per heavy atom. The average Bonchev–Trinajstić information content (AvgIpc) is 3.18. The van der Waals surface area contributed by atoms with E-state index in [0.29, 0.717) is 23.0 Å². The fourth-order valence-electron chi connectivity index (χ4n) is 2.37. The van der Waals surface area contributed by atoms with Crippen molar-refractivity contribution in [3.63, 3.8) is 0 Å². The van der Waals surface area contributed by atoms with Crippen LogP contribution in [0.5, 0.6) is 0 Å². The zero-order valence-corrected chi connectivity index (χ0v) is 14.2. The Hall–Kier alpha value is -3.68. The highest BCUT2D eigenvalue weighted by molar-refractivity contribution is 6.01. The summed E-state index contributed by atoms with van der Waals surface area (Å²) in [4.78, 5) is 22.5. The van der Waals surface area contributed by atoms with E-state index in [2.05, 4.69) is 10.4 Å². The van der Waals surface area contributed by atoms with Gasteiger partial charge in [0.15, 0.2) is 0 Å². The molecule has 0 aliphatic carbocycles. The summed E-state index contributed by atoms with van der Waals surface area (Å²) in [7, 11) is 0. The van der Waals surface area contributed by atoms with Crippen LogP contribution in [0.25, 0.3) is 11.8 Å². The summed E-state index contributed by atoms with van der Waals surface area (Å²) in [6.45, 7) is 3.61. The summed E-state index contributed by atoms with van der Waals surface area (Å²) in [5.74, 6) is 1.46. The molecule has 132 valence electrons. The van der Waals surface area contributed by atoms with E-state index in [4.69, 9.17) is 4.42 Å². The molecule has 1 N–H and O–H groups in total. The van der Waals surface area contributed by atoms with E-state index >= 15 is 0 Å². The van der Waals surface area contributed by atoms with Gasteiger partial charge in [-0.3, -0.25) is 14.9 Å². The molecule has 3 rings (SSSR count). The molecule has 0 saturated heterocycles. The Labute approximate surface area is 148 Å². The Morgan fingerprint density at radius 2 is 1.96 bits per heavy atom. The molecular weight excluding hydrogens is 336 g/mol. The molecule has 0 aliphatic rings. The highest BCUT2D eigenvalue weighted by Gasteiger charge is 2.11. The van der Waals surface area contributed by atoms with Crippen molar-refractivity contribution in [3.05, 3.63) is 75.9 Å². The van der Waals surface area contributed by atoms with Crippen LogP contribution in [0, 0.1) is 24.0 Å². The molecule has 3 aromatic rings. The lowest BCUT2D eigenvalue weighted by Gasteiger charge is -2.07. The Balaban J connectivity index is 1.79. The minimum absolute atomic E-state index is 0.0140. The number of benzene rings is 1. The first-order valence-electron chi connectivity index (χ1n) is 7.79. The van der Waals surface area contributed by atoms with Crippen LogP contribution in [-0.2, 0) is 4.79 Å². The van der Waals surface area contributed by atoms with Crippen LogP contribution in [-0.4, -0.2) is 20.6 Å². The van der Waals surface area contributed by atoms with Gasteiger partial charge >= 0.3 is 0 Å². The third kappa shape index (κ3) is 3.86. The topological polar surface area (TPSA) is 103 Å². The monoisotopic (exact) mass is 352 g/mol. The largest absolute Gasteiger partial charge is 0.462 e. The number of aromatic nitrogens is 2. The molecule has 0 unspecified atom stereocenters. The molecule has 0 aliphatic heterocycles. The zero-order chi connectivity index (χ0) is 18.7. The molecule has 2 heterocycles. The van der Waals surface area contributed by atoms with Crippen LogP contribution in [0.3, 0.4) is 0 Å². The molecule has 0 bridgehead atoms. The number of hydrogen-bond donors (Lipinski definition) is 1. The maximum absolute atomic E-state index is 12.2. The lowest BCUT2D eigenvalue weighted by molar-refractivity contribution is -0.384. The lowest BCUT2D eigenvalue weighted by Crippen LogP contribution is -2.12. The number of carbonyl (C=O) groups excluding carboxylic acids is 1. The van der Waals surface area contributed by atoms with Crippen LogP contribution in [0.1, 0.15) is 17.2 Å². The second-order valence-electron chi connectivity index (χ2n) is 5.63. The highest BCUT2D eigenvalue weighted by atomic mass is 16.6. The molecular formula is C18H16N4O4. The van der Waals surface area contributed by atoms with E-state index in [1.165, 1.54) is 22.9 Å². The number of non-ortho nitro benzene ring substituents is 1. The number of amides is 1. The predicted octanol–water partition coefficient (Wildman–Crippen LogP) is 3.64. The zero-order valence-electron chi connectivity index (χ0n) is 14.2. The SMILES string of the molecule is Cc1cc(NC(=O)/C=C/c2ccc(C)o2)n(-c2ccc([N+](=O)[O-])cc2)n1. The number of nitrogens with one attached hydrogen (secondary N) is 1. The number of rotatable bonds is 5. The number of anilines is 1. The van der Waals surface area contributed by atoms with Crippen LogP contribution < -0.4 is 5.32 Å². The summed E-state index contributed by atoms with van der Waals surface area (Å²) in [5, 5.41) is 17.8. The number of nitrogens with zero attached hydrogens (tertiary/aromatic N) is 3. The Morgan fingerprint density at radius 3 is 2.58 bits per heavy atom. The van der Waals surface area contributed by atoms with E-state index in [1.807, 2.05) is 13.0 Å². The minimum atomic E-state index is -0.470. The molecule has 8 nitrogen and oxygen atoms in total. The number of furan rings is 1. The van der Waals surface area contributed by atoms with Crippen molar-refractivity contribution in [3.8, 4) is 5.69 Å². The third-order valence-corrected chi connectivity index (χ3v) is 3.55. The van der Waals surface area contributed by atoms with E-state index in [1.54, 1.807) is 37.3 Å². The van der Waals surface area contributed by atoms with Crippen LogP contribution in [0.15, 0.2) is 53.0 Å². The number of hydrogen-bond acceptors (Lipinski definition) is 5. The van der Waals surface area contributed by atoms with Gasteiger partial charge < -0.3 is 9.73 Å². The number of nitro benzene ring substituents is 1. The second kappa shape index (κ2) is 7.06. The normalized spacial score (nSPS) is 11.0. The van der Waals surface area contributed by atoms with E-state index in [-0.39, 0.29) is 11.6 Å². The van der Waals surface area contributed by atoms with Crippen molar-refractivity contribution in [1.29, 1.82) is 0 Å². The molecule has 2 aromatic heterocycles. The van der Waals surface area contributed by atoms with Gasteiger partial charge in [-0.1, -0.05) is 0 Å². The van der Waals surface area contributed by atoms with Crippen molar-refractivity contribution in [2.45, 2.75) is 13.8 Å². The fourth-order valence-corrected chi connectivity index (χ4v) is 2.37. The first kappa shape index (κ1) is 17.2. The quantitative estimate of drug-likeness (QED) is 0.429. The summed E-state index contributed by atoms with van der Waals surface area (Å²) in [5.41, 5.74) is 1.29. The molecule has 0 spiro atoms. The molecule has 1 amide bonds. The smallest absolute Gasteiger partial charge is 0.269 e. The maximum atomic E-state index is 12.2. The van der Waals surface area contributed by atoms with Gasteiger partial charge in [0.25, 0.3) is 5.69 Å². The highest BCUT2D eigenvalue weighted by Crippen LogP contribution is 2.20. The van der Waals surface area contributed by atoms with Crippen LogP contribution in [0.2, 0.25) is 0 Å². The van der Waals surface area contributed by atoms with Gasteiger partial charge in [-0.2, -0.15) is 5.10 Å². The van der Waals surface area contributed by atoms with E-state index < -0.39 is 4.92 Å². The summed E-state index contributed by atoms with van der Waals surface area (Å²) in [6.07, 6.45) is 2.93. The first-order chi connectivity index (χ1) is 12.4. The predicted molar refractivity (Wildman–Crippen MR) is 96.1 cm³/mol. The molecule has 1 aromatic carbocycles. The van der Waals surface area contributed by atoms with Crippen molar-refractivity contribution in [1.82, 2.24) is 9.78 Å². The third-order valence-electron chi connectivity index (χ3n) is 3.55. The van der Waals surface area contributed by atoms with Crippen molar-refractivity contribution in [2.24, 2.45) is 0 Å². The average molecular weight is 352 g/mol. The van der Waals surface area contributed by atoms with Gasteiger partial charge in [-0.05, 0) is 44.2 Å². The van der Waals surface area contributed by atoms with Crippen molar-refractivity contribution >= 4 is 23.5 Å². The summed E-state index contributed by atoms with van der Waals surface area (Å²) >= 11 is 0. The van der Waals surface area contributed by atoms with Crippen molar-refractivity contribution < 1.29 is 14.1 Å². The van der Waals surface area contributed by atoms with Crippen molar-refractivity contribution in [2.75, 3.05) is 5.32 Å². The summed E-state index contributed by atoms with van der Waals surface area (Å²) in [6, 6.07) is 11.2. The molecule has 0 saturated carbocycles. The summed E-state index contributed by atoms with van der Waals surface area (Å²) < 4.78 is 6.89. The fraction of sp³-hybridized carbons (Fsp3) is 0.111. The van der Waals surface area contributed by atoms with Gasteiger partial charge in [-0.25, -0.2) is 4.68 Å². The molecule has 0 radical (unpaired) electrons. The lowest BCUT2D eigenvalue weighted by atomic mass is 10.3. The minimum Gasteiger partial charge on any atom is -0.462 e. The number of carbonyl (C=O) groups is 1. The Bertz CT molecular complexity index is 983.